The van der Waals surface area contributed by atoms with Gasteiger partial charge in [-0.2, -0.15) is 0 Å². The summed E-state index contributed by atoms with van der Waals surface area (Å²) >= 11 is 0. The maximum Gasteiger partial charge on any atom is 0.411 e. The topological polar surface area (TPSA) is 77.1 Å². The van der Waals surface area contributed by atoms with Crippen molar-refractivity contribution in [2.45, 2.75) is 44.1 Å². The van der Waals surface area contributed by atoms with Crippen LogP contribution in [0, 0.1) is 0 Å². The summed E-state index contributed by atoms with van der Waals surface area (Å²) in [4.78, 5) is 26.1. The summed E-state index contributed by atoms with van der Waals surface area (Å²) in [6.45, 7) is 0.217. The molecule has 7 nitrogen and oxygen atoms in total. The third kappa shape index (κ3) is 5.53. The van der Waals surface area contributed by atoms with E-state index in [-0.39, 0.29) is 13.0 Å². The summed E-state index contributed by atoms with van der Waals surface area (Å²) in [5, 5.41) is 3.12. The van der Waals surface area contributed by atoms with Gasteiger partial charge < -0.3 is 19.5 Å². The predicted molar refractivity (Wildman–Crippen MR) is 112 cm³/mol. The molecule has 3 atom stereocenters. The molecule has 0 aliphatic carbocycles. The van der Waals surface area contributed by atoms with E-state index in [2.05, 4.69) is 5.32 Å². The smallest absolute Gasteiger partial charge is 0.411 e. The van der Waals surface area contributed by atoms with E-state index in [1.165, 1.54) is 0 Å². The first-order valence-electron chi connectivity index (χ1n) is 10.2. The molecule has 9 heteroatoms. The molecule has 0 bridgehead atoms. The van der Waals surface area contributed by atoms with Crippen LogP contribution in [0.2, 0.25) is 0 Å². The number of likely N-dealkylation sites (tertiary alicyclic amines) is 1. The van der Waals surface area contributed by atoms with E-state index in [1.807, 2.05) is 18.2 Å². The summed E-state index contributed by atoms with van der Waals surface area (Å²) in [6.07, 6.45) is -3.95. The number of esters is 1. The molecule has 1 aliphatic rings. The van der Waals surface area contributed by atoms with Gasteiger partial charge in [-0.25, -0.2) is 18.4 Å². The second-order valence-corrected chi connectivity index (χ2v) is 7.39. The van der Waals surface area contributed by atoms with E-state index in [0.29, 0.717) is 17.9 Å². The predicted octanol–water partition coefficient (Wildman–Crippen LogP) is 3.37. The van der Waals surface area contributed by atoms with Crippen molar-refractivity contribution < 1.29 is 32.6 Å². The summed E-state index contributed by atoms with van der Waals surface area (Å²) in [6, 6.07) is 12.6. The number of nitrogens with zero attached hydrogens (tertiary/aromatic N) is 1. The van der Waals surface area contributed by atoms with Crippen molar-refractivity contribution in [1.29, 1.82) is 0 Å². The Morgan fingerprint density at radius 1 is 1.06 bits per heavy atom. The van der Waals surface area contributed by atoms with Crippen LogP contribution in [-0.4, -0.2) is 55.7 Å². The van der Waals surface area contributed by atoms with Gasteiger partial charge in [0, 0.05) is 12.6 Å². The van der Waals surface area contributed by atoms with Gasteiger partial charge >= 0.3 is 12.1 Å². The Morgan fingerprint density at radius 3 is 2.34 bits per heavy atom. The fourth-order valence-electron chi connectivity index (χ4n) is 3.76. The Kier molecular flexibility index (Phi) is 7.99. The Bertz CT molecular complexity index is 895. The Hall–Kier alpha value is -3.20. The largest absolute Gasteiger partial charge is 0.497 e. The highest BCUT2D eigenvalue weighted by atomic mass is 19.3. The fraction of sp³-hybridized carbons (Fsp3) is 0.391. The van der Waals surface area contributed by atoms with Gasteiger partial charge in [0.05, 0.1) is 20.3 Å². The molecule has 172 valence electrons. The SMILES string of the molecule is COC(=O)[C@H]1[C@@H](NCc2ccc(OC)cc2)C[C@@H](C(F)F)N1C(=O)OCc1ccccc1. The van der Waals surface area contributed by atoms with Gasteiger partial charge in [-0.15, -0.1) is 0 Å². The molecule has 2 aromatic carbocycles. The first kappa shape index (κ1) is 23.5. The van der Waals surface area contributed by atoms with Crippen molar-refractivity contribution in [1.82, 2.24) is 10.2 Å². The normalized spacial score (nSPS) is 20.3. The number of hydrogen-bond acceptors (Lipinski definition) is 6. The van der Waals surface area contributed by atoms with Crippen molar-refractivity contribution >= 4 is 12.1 Å². The maximum atomic E-state index is 13.8. The lowest BCUT2D eigenvalue weighted by atomic mass is 10.1. The monoisotopic (exact) mass is 448 g/mol. The number of methoxy groups -OCH3 is 2. The molecular weight excluding hydrogens is 422 g/mol. The molecule has 1 aliphatic heterocycles. The summed E-state index contributed by atoms with van der Waals surface area (Å²) in [7, 11) is 2.72. The van der Waals surface area contributed by atoms with Crippen molar-refractivity contribution in [3.05, 3.63) is 65.7 Å². The molecule has 1 saturated heterocycles. The molecule has 3 rings (SSSR count). The van der Waals surface area contributed by atoms with E-state index >= 15 is 0 Å². The molecule has 1 amide bonds. The number of nitrogens with one attached hydrogen (secondary N) is 1. The van der Waals surface area contributed by atoms with Gasteiger partial charge in [0.25, 0.3) is 6.43 Å². The van der Waals surface area contributed by atoms with Crippen molar-refractivity contribution in [3.63, 3.8) is 0 Å². The molecule has 0 saturated carbocycles. The van der Waals surface area contributed by atoms with E-state index < -0.39 is 36.6 Å². The Labute approximate surface area is 185 Å². The number of ether oxygens (including phenoxy) is 3. The van der Waals surface area contributed by atoms with Crippen LogP contribution in [0.4, 0.5) is 13.6 Å². The highest BCUT2D eigenvalue weighted by Crippen LogP contribution is 2.31. The molecule has 1 heterocycles. The minimum absolute atomic E-state index is 0.0933. The van der Waals surface area contributed by atoms with Gasteiger partial charge in [0.1, 0.15) is 18.4 Å². The standard InChI is InChI=1S/C23H26F2N2O5/c1-30-17-10-8-15(9-11-17)13-26-18-12-19(21(24)25)27(20(18)22(28)31-2)23(29)32-14-16-6-4-3-5-7-16/h3-11,18-21,26H,12-14H2,1-2H3/t18-,19-,20+/m0/s1. The quantitative estimate of drug-likeness (QED) is 0.624. The first-order valence-corrected chi connectivity index (χ1v) is 10.2. The van der Waals surface area contributed by atoms with Gasteiger partial charge in [-0.05, 0) is 29.7 Å². The number of carbonyl (C=O) groups is 2. The second-order valence-electron chi connectivity index (χ2n) is 7.39. The third-order valence-corrected chi connectivity index (χ3v) is 5.41. The van der Waals surface area contributed by atoms with E-state index in [0.717, 1.165) is 17.6 Å². The lowest BCUT2D eigenvalue weighted by Crippen LogP contribution is -2.52. The third-order valence-electron chi connectivity index (χ3n) is 5.41. The minimum Gasteiger partial charge on any atom is -0.497 e. The molecule has 0 unspecified atom stereocenters. The average Bonchev–Trinajstić information content (AvgIpc) is 3.21. The Morgan fingerprint density at radius 2 is 1.75 bits per heavy atom. The van der Waals surface area contributed by atoms with Crippen molar-refractivity contribution in [3.8, 4) is 5.75 Å². The molecule has 2 aromatic rings. The van der Waals surface area contributed by atoms with Crippen molar-refractivity contribution in [2.75, 3.05) is 14.2 Å². The van der Waals surface area contributed by atoms with E-state index in [1.54, 1.807) is 43.5 Å². The molecule has 0 radical (unpaired) electrons. The number of amides is 1. The fourth-order valence-corrected chi connectivity index (χ4v) is 3.76. The summed E-state index contributed by atoms with van der Waals surface area (Å²) in [5.41, 5.74) is 1.57. The lowest BCUT2D eigenvalue weighted by molar-refractivity contribution is -0.147. The minimum atomic E-state index is -2.85. The lowest BCUT2D eigenvalue weighted by Gasteiger charge is -2.29. The second kappa shape index (κ2) is 10.9. The first-order chi connectivity index (χ1) is 15.4. The molecule has 32 heavy (non-hydrogen) atoms. The van der Waals surface area contributed by atoms with Crippen molar-refractivity contribution in [2.24, 2.45) is 0 Å². The molecular formula is C23H26F2N2O5. The van der Waals surface area contributed by atoms with Crippen LogP contribution in [0.15, 0.2) is 54.6 Å². The number of carbonyl (C=O) groups excluding carboxylic acids is 2. The van der Waals surface area contributed by atoms with Crippen LogP contribution in [0.5, 0.6) is 5.75 Å². The number of rotatable bonds is 8. The summed E-state index contributed by atoms with van der Waals surface area (Å²) in [5.74, 6) is -0.0933. The summed E-state index contributed by atoms with van der Waals surface area (Å²) < 4.78 is 42.9. The van der Waals surface area contributed by atoms with Crippen LogP contribution >= 0.6 is 0 Å². The van der Waals surface area contributed by atoms with Crippen LogP contribution in [0.3, 0.4) is 0 Å². The number of halogens is 2. The highest BCUT2D eigenvalue weighted by molar-refractivity contribution is 5.83. The van der Waals surface area contributed by atoms with Gasteiger partial charge in [0.15, 0.2) is 0 Å². The Balaban J connectivity index is 1.75. The molecule has 0 aromatic heterocycles. The highest BCUT2D eigenvalue weighted by Gasteiger charge is 2.52. The van der Waals surface area contributed by atoms with E-state index in [9.17, 15) is 18.4 Å². The molecule has 0 spiro atoms. The zero-order valence-electron chi connectivity index (χ0n) is 17.9. The molecule has 1 fully saturated rings. The average molecular weight is 448 g/mol. The van der Waals surface area contributed by atoms with Gasteiger partial charge in [-0.3, -0.25) is 4.90 Å². The van der Waals surface area contributed by atoms with E-state index in [4.69, 9.17) is 14.2 Å². The zero-order valence-corrected chi connectivity index (χ0v) is 17.9. The number of hydrogen-bond donors (Lipinski definition) is 1. The van der Waals surface area contributed by atoms with Gasteiger partial charge in [-0.1, -0.05) is 42.5 Å². The van der Waals surface area contributed by atoms with Crippen LogP contribution in [0.1, 0.15) is 17.5 Å². The van der Waals surface area contributed by atoms with Crippen LogP contribution in [-0.2, 0) is 27.4 Å². The molecule has 1 N–H and O–H groups in total. The van der Waals surface area contributed by atoms with Gasteiger partial charge in [0.2, 0.25) is 0 Å². The number of alkyl halides is 2. The number of benzene rings is 2. The zero-order chi connectivity index (χ0) is 23.1. The van der Waals surface area contributed by atoms with Crippen LogP contribution in [0.25, 0.3) is 0 Å². The van der Waals surface area contributed by atoms with Crippen LogP contribution < -0.4 is 10.1 Å². The maximum absolute atomic E-state index is 13.8.